The fraction of sp³-hybridized carbons (Fsp3) is 0.350. The first kappa shape index (κ1) is 20.9. The fourth-order valence-corrected chi connectivity index (χ4v) is 2.89. The van der Waals surface area contributed by atoms with E-state index in [4.69, 9.17) is 4.74 Å². The number of ether oxygens (including phenoxy) is 1. The van der Waals surface area contributed by atoms with Crippen molar-refractivity contribution in [2.75, 3.05) is 12.9 Å². The van der Waals surface area contributed by atoms with E-state index >= 15 is 0 Å². The summed E-state index contributed by atoms with van der Waals surface area (Å²) in [7, 11) is -3.21. The molecule has 25 heavy (non-hydrogen) atoms. The largest absolute Gasteiger partial charge is 0.457 e. The highest BCUT2D eigenvalue weighted by atomic mass is 32.2. The molecule has 0 saturated carbocycles. The number of esters is 1. The number of rotatable bonds is 4. The highest BCUT2D eigenvalue weighted by Gasteiger charge is 2.24. The molecule has 2 rings (SSSR count). The first-order valence-corrected chi connectivity index (χ1v) is 10.2. The maximum atomic E-state index is 11.8. The van der Waals surface area contributed by atoms with Crippen LogP contribution in [-0.2, 0) is 19.4 Å². The van der Waals surface area contributed by atoms with Gasteiger partial charge in [-0.1, -0.05) is 56.7 Å². The predicted octanol–water partition coefficient (Wildman–Crippen LogP) is 4.20. The standard InChI is InChI=1S/C17H18O4S.C3H8/c1-3-4-5-9-15-16(12-21-17(15)18)13-7-6-8-14(11-10-13)22(2,19)20;1-3-2/h3-7,9-11H,8,12H2,1-2H3;3H2,1-2H3/b4-3-,9-5+;. The molecule has 0 radical (unpaired) electrons. The van der Waals surface area contributed by atoms with Gasteiger partial charge in [-0.05, 0) is 24.6 Å². The Morgan fingerprint density at radius 3 is 2.48 bits per heavy atom. The van der Waals surface area contributed by atoms with Crippen LogP contribution in [0.5, 0.6) is 0 Å². The number of cyclic esters (lactones) is 1. The van der Waals surface area contributed by atoms with Crippen LogP contribution in [0.2, 0.25) is 0 Å². The predicted molar refractivity (Wildman–Crippen MR) is 103 cm³/mol. The Labute approximate surface area is 150 Å². The molecule has 2 aliphatic rings. The molecule has 136 valence electrons. The van der Waals surface area contributed by atoms with Gasteiger partial charge >= 0.3 is 5.97 Å². The molecule has 0 unspecified atom stereocenters. The van der Waals surface area contributed by atoms with Gasteiger partial charge < -0.3 is 4.74 Å². The molecule has 5 heteroatoms. The third-order valence-electron chi connectivity index (χ3n) is 3.35. The molecule has 0 spiro atoms. The molecular formula is C20H26O4S. The Bertz CT molecular complexity index is 773. The van der Waals surface area contributed by atoms with Gasteiger partial charge in [-0.3, -0.25) is 0 Å². The van der Waals surface area contributed by atoms with E-state index in [1.807, 2.05) is 25.2 Å². The summed E-state index contributed by atoms with van der Waals surface area (Å²) in [5, 5.41) is 0. The molecule has 0 fully saturated rings. The van der Waals surface area contributed by atoms with Crippen LogP contribution in [0.15, 0.2) is 70.2 Å². The van der Waals surface area contributed by atoms with Crippen LogP contribution in [0, 0.1) is 0 Å². The molecule has 0 amide bonds. The van der Waals surface area contributed by atoms with Gasteiger partial charge in [-0.15, -0.1) is 0 Å². The fourth-order valence-electron chi connectivity index (χ4n) is 2.17. The lowest BCUT2D eigenvalue weighted by molar-refractivity contribution is -0.135. The second kappa shape index (κ2) is 9.99. The first-order chi connectivity index (χ1) is 11.8. The SMILES string of the molecule is C/C=C\C=C\C1=C(C2=CC=C(S(C)(=O)=O)CC=C2)COC1=O.CCC. The molecular weight excluding hydrogens is 336 g/mol. The Kier molecular flexibility index (Phi) is 8.35. The van der Waals surface area contributed by atoms with E-state index in [0.717, 1.165) is 11.1 Å². The van der Waals surface area contributed by atoms with Gasteiger partial charge in [0.05, 0.1) is 5.57 Å². The monoisotopic (exact) mass is 362 g/mol. The summed E-state index contributed by atoms with van der Waals surface area (Å²) in [5.41, 5.74) is 2.07. The highest BCUT2D eigenvalue weighted by molar-refractivity contribution is 7.94. The van der Waals surface area contributed by atoms with Crippen molar-refractivity contribution in [3.05, 3.63) is 70.2 Å². The Morgan fingerprint density at radius 1 is 1.20 bits per heavy atom. The van der Waals surface area contributed by atoms with E-state index in [-0.39, 0.29) is 12.6 Å². The Hall–Kier alpha value is -2.14. The van der Waals surface area contributed by atoms with Crippen molar-refractivity contribution in [1.82, 2.24) is 0 Å². The van der Waals surface area contributed by atoms with Crippen molar-refractivity contribution >= 4 is 15.8 Å². The minimum absolute atomic E-state index is 0.201. The molecule has 0 saturated heterocycles. The molecule has 4 nitrogen and oxygen atoms in total. The molecule has 0 aromatic heterocycles. The minimum Gasteiger partial charge on any atom is -0.457 e. The molecule has 0 aromatic carbocycles. The lowest BCUT2D eigenvalue weighted by Gasteiger charge is -2.01. The number of carbonyl (C=O) groups excluding carboxylic acids is 1. The van der Waals surface area contributed by atoms with E-state index in [2.05, 4.69) is 13.8 Å². The van der Waals surface area contributed by atoms with Crippen LogP contribution in [-0.4, -0.2) is 27.2 Å². The summed E-state index contributed by atoms with van der Waals surface area (Å²) < 4.78 is 28.3. The summed E-state index contributed by atoms with van der Waals surface area (Å²) in [6.45, 7) is 6.34. The average molecular weight is 362 g/mol. The van der Waals surface area contributed by atoms with Crippen molar-refractivity contribution in [3.8, 4) is 0 Å². The maximum absolute atomic E-state index is 11.8. The Morgan fingerprint density at radius 2 is 1.88 bits per heavy atom. The topological polar surface area (TPSA) is 60.4 Å². The van der Waals surface area contributed by atoms with Gasteiger partial charge in [0, 0.05) is 23.2 Å². The van der Waals surface area contributed by atoms with Crippen LogP contribution >= 0.6 is 0 Å². The molecule has 0 N–H and O–H groups in total. The smallest absolute Gasteiger partial charge is 0.338 e. The zero-order valence-electron chi connectivity index (χ0n) is 15.3. The maximum Gasteiger partial charge on any atom is 0.338 e. The van der Waals surface area contributed by atoms with Gasteiger partial charge in [-0.25, -0.2) is 13.2 Å². The molecule has 0 aromatic rings. The van der Waals surface area contributed by atoms with E-state index in [1.54, 1.807) is 30.4 Å². The van der Waals surface area contributed by atoms with Crippen LogP contribution in [0.4, 0.5) is 0 Å². The van der Waals surface area contributed by atoms with Crippen molar-refractivity contribution in [1.29, 1.82) is 0 Å². The van der Waals surface area contributed by atoms with E-state index in [9.17, 15) is 13.2 Å². The van der Waals surface area contributed by atoms with Crippen LogP contribution in [0.25, 0.3) is 0 Å². The van der Waals surface area contributed by atoms with Crippen molar-refractivity contribution in [3.63, 3.8) is 0 Å². The zero-order chi connectivity index (χ0) is 18.9. The first-order valence-electron chi connectivity index (χ1n) is 8.32. The highest BCUT2D eigenvalue weighted by Crippen LogP contribution is 2.27. The van der Waals surface area contributed by atoms with Gasteiger partial charge in [0.2, 0.25) is 0 Å². The average Bonchev–Trinajstić information content (AvgIpc) is 2.75. The zero-order valence-corrected chi connectivity index (χ0v) is 16.1. The summed E-state index contributed by atoms with van der Waals surface area (Å²) in [6.07, 6.45) is 16.9. The van der Waals surface area contributed by atoms with E-state index < -0.39 is 9.84 Å². The van der Waals surface area contributed by atoms with Gasteiger partial charge in [0.1, 0.15) is 6.61 Å². The van der Waals surface area contributed by atoms with Crippen LogP contribution in [0.1, 0.15) is 33.6 Å². The number of sulfone groups is 1. The molecule has 1 heterocycles. The summed E-state index contributed by atoms with van der Waals surface area (Å²) >= 11 is 0. The van der Waals surface area contributed by atoms with Crippen molar-refractivity contribution in [2.24, 2.45) is 0 Å². The molecule has 0 bridgehead atoms. The van der Waals surface area contributed by atoms with E-state index in [0.29, 0.717) is 16.9 Å². The van der Waals surface area contributed by atoms with Gasteiger partial charge in [0.25, 0.3) is 0 Å². The molecule has 1 aliphatic carbocycles. The summed E-state index contributed by atoms with van der Waals surface area (Å²) in [4.78, 5) is 12.2. The lowest BCUT2D eigenvalue weighted by Crippen LogP contribution is -1.99. The van der Waals surface area contributed by atoms with Gasteiger partial charge in [-0.2, -0.15) is 0 Å². The second-order valence-electron chi connectivity index (χ2n) is 5.69. The summed E-state index contributed by atoms with van der Waals surface area (Å²) in [5.74, 6) is -0.360. The van der Waals surface area contributed by atoms with Crippen molar-refractivity contribution in [2.45, 2.75) is 33.6 Å². The van der Waals surface area contributed by atoms with Crippen molar-refractivity contribution < 1.29 is 17.9 Å². The lowest BCUT2D eigenvalue weighted by atomic mass is 10.0. The van der Waals surface area contributed by atoms with Gasteiger partial charge in [0.15, 0.2) is 9.84 Å². The quantitative estimate of drug-likeness (QED) is 0.555. The second-order valence-corrected chi connectivity index (χ2v) is 7.76. The number of hydrogen-bond acceptors (Lipinski definition) is 4. The molecule has 1 aliphatic heterocycles. The minimum atomic E-state index is -3.21. The number of hydrogen-bond donors (Lipinski definition) is 0. The van der Waals surface area contributed by atoms with Crippen LogP contribution in [0.3, 0.4) is 0 Å². The third-order valence-corrected chi connectivity index (χ3v) is 4.60. The normalized spacial score (nSPS) is 18.0. The van der Waals surface area contributed by atoms with Crippen LogP contribution < -0.4 is 0 Å². The number of carbonyl (C=O) groups is 1. The third kappa shape index (κ3) is 6.35. The van der Waals surface area contributed by atoms with E-state index in [1.165, 1.54) is 12.7 Å². The summed E-state index contributed by atoms with van der Waals surface area (Å²) in [6, 6.07) is 0. The Balaban J connectivity index is 0.000000970. The molecule has 0 atom stereocenters. The number of allylic oxidation sites excluding steroid dienone is 8.